The molecule has 0 aromatic heterocycles. The summed E-state index contributed by atoms with van der Waals surface area (Å²) < 4.78 is 4.70. The Morgan fingerprint density at radius 3 is 2.48 bits per heavy atom. The zero-order chi connectivity index (χ0) is 14.8. The summed E-state index contributed by atoms with van der Waals surface area (Å²) in [4.78, 5) is 27.4. The summed E-state index contributed by atoms with van der Waals surface area (Å²) in [5.74, 6) is 0.107. The maximum Gasteiger partial charge on any atom is 0.409 e. The van der Waals surface area contributed by atoms with Crippen LogP contribution in [0.25, 0.3) is 0 Å². The van der Waals surface area contributed by atoms with Gasteiger partial charge in [-0.3, -0.25) is 4.79 Å². The molecule has 2 aliphatic heterocycles. The van der Waals surface area contributed by atoms with Crippen molar-refractivity contribution < 1.29 is 14.3 Å². The first-order chi connectivity index (χ1) is 10.2. The monoisotopic (exact) mass is 289 g/mol. The number of anilines is 1. The molecule has 6 nitrogen and oxygen atoms in total. The molecule has 2 heterocycles. The van der Waals surface area contributed by atoms with Gasteiger partial charge >= 0.3 is 6.09 Å². The lowest BCUT2D eigenvalue weighted by Crippen LogP contribution is -2.53. The summed E-state index contributed by atoms with van der Waals surface area (Å²) in [7, 11) is 1.37. The van der Waals surface area contributed by atoms with Crippen molar-refractivity contribution in [3.05, 3.63) is 29.8 Å². The number of methoxy groups -OCH3 is 1. The fourth-order valence-corrected chi connectivity index (χ4v) is 2.91. The molecule has 2 amide bonds. The number of hydrogen-bond donors (Lipinski definition) is 1. The number of ether oxygens (including phenoxy) is 1. The van der Waals surface area contributed by atoms with Crippen molar-refractivity contribution in [1.29, 1.82) is 0 Å². The Balaban J connectivity index is 1.57. The molecule has 1 N–H and O–H groups in total. The summed E-state index contributed by atoms with van der Waals surface area (Å²) in [6.07, 6.45) is 0.403. The van der Waals surface area contributed by atoms with Crippen LogP contribution in [0.15, 0.2) is 24.3 Å². The molecule has 1 aromatic rings. The van der Waals surface area contributed by atoms with Gasteiger partial charge in [-0.1, -0.05) is 18.2 Å². The lowest BCUT2D eigenvalue weighted by atomic mass is 10.1. The number of rotatable bonds is 1. The van der Waals surface area contributed by atoms with Gasteiger partial charge in [-0.2, -0.15) is 0 Å². The van der Waals surface area contributed by atoms with E-state index in [1.807, 2.05) is 29.2 Å². The van der Waals surface area contributed by atoms with Gasteiger partial charge in [0.05, 0.1) is 7.11 Å². The van der Waals surface area contributed by atoms with Crippen LogP contribution in [0.1, 0.15) is 5.56 Å². The Labute approximate surface area is 123 Å². The Morgan fingerprint density at radius 1 is 1.14 bits per heavy atom. The summed E-state index contributed by atoms with van der Waals surface area (Å²) in [6.45, 7) is 2.17. The van der Waals surface area contributed by atoms with E-state index in [1.54, 1.807) is 4.90 Å². The fourth-order valence-electron chi connectivity index (χ4n) is 2.91. The van der Waals surface area contributed by atoms with Crippen molar-refractivity contribution >= 4 is 17.7 Å². The SMILES string of the molecule is COC(=O)N1CCN(C(=O)C2Cc3ccccc3N2)CC1. The number of nitrogens with one attached hydrogen (secondary N) is 1. The molecule has 3 rings (SSSR count). The topological polar surface area (TPSA) is 61.9 Å². The Hall–Kier alpha value is -2.24. The van der Waals surface area contributed by atoms with Gasteiger partial charge in [0.25, 0.3) is 0 Å². The van der Waals surface area contributed by atoms with Crippen molar-refractivity contribution in [2.24, 2.45) is 0 Å². The first-order valence-electron chi connectivity index (χ1n) is 7.15. The molecule has 112 valence electrons. The van der Waals surface area contributed by atoms with Crippen LogP contribution in [0, 0.1) is 0 Å². The first kappa shape index (κ1) is 13.7. The Kier molecular flexibility index (Phi) is 3.68. The minimum Gasteiger partial charge on any atom is -0.453 e. The summed E-state index contributed by atoms with van der Waals surface area (Å²) in [6, 6.07) is 7.81. The van der Waals surface area contributed by atoms with Crippen molar-refractivity contribution in [2.45, 2.75) is 12.5 Å². The van der Waals surface area contributed by atoms with Crippen LogP contribution in [0.4, 0.5) is 10.5 Å². The van der Waals surface area contributed by atoms with Crippen LogP contribution in [-0.4, -0.2) is 61.1 Å². The number of carbonyl (C=O) groups is 2. The van der Waals surface area contributed by atoms with E-state index in [1.165, 1.54) is 12.7 Å². The molecule has 0 radical (unpaired) electrons. The van der Waals surface area contributed by atoms with E-state index in [-0.39, 0.29) is 18.0 Å². The maximum absolute atomic E-state index is 12.5. The highest BCUT2D eigenvalue weighted by Gasteiger charge is 2.32. The third-order valence-corrected chi connectivity index (χ3v) is 4.09. The van der Waals surface area contributed by atoms with Crippen molar-refractivity contribution in [3.63, 3.8) is 0 Å². The fraction of sp³-hybridized carbons (Fsp3) is 0.467. The second kappa shape index (κ2) is 5.63. The molecule has 0 spiro atoms. The largest absolute Gasteiger partial charge is 0.453 e. The first-order valence-corrected chi connectivity index (χ1v) is 7.15. The number of para-hydroxylation sites is 1. The molecular formula is C15H19N3O3. The second-order valence-electron chi connectivity index (χ2n) is 5.34. The van der Waals surface area contributed by atoms with Gasteiger partial charge in [0.15, 0.2) is 0 Å². The zero-order valence-corrected chi connectivity index (χ0v) is 12.0. The third kappa shape index (κ3) is 2.66. The molecule has 0 saturated carbocycles. The average molecular weight is 289 g/mol. The minimum atomic E-state index is -0.325. The molecule has 1 fully saturated rings. The molecule has 2 aliphatic rings. The predicted octanol–water partition coefficient (Wildman–Crippen LogP) is 0.934. The summed E-state index contributed by atoms with van der Waals surface area (Å²) in [5.41, 5.74) is 2.23. The van der Waals surface area contributed by atoms with Gasteiger partial charge in [0.1, 0.15) is 6.04 Å². The van der Waals surface area contributed by atoms with E-state index >= 15 is 0 Å². The van der Waals surface area contributed by atoms with E-state index in [9.17, 15) is 9.59 Å². The van der Waals surface area contributed by atoms with E-state index in [4.69, 9.17) is 4.74 Å². The number of nitrogens with zero attached hydrogens (tertiary/aromatic N) is 2. The number of amides is 2. The molecular weight excluding hydrogens is 270 g/mol. The van der Waals surface area contributed by atoms with E-state index in [0.29, 0.717) is 26.2 Å². The number of piperazine rings is 1. The van der Waals surface area contributed by atoms with Gasteiger partial charge in [-0.05, 0) is 11.6 Å². The molecule has 21 heavy (non-hydrogen) atoms. The molecule has 1 aromatic carbocycles. The van der Waals surface area contributed by atoms with Gasteiger partial charge in [-0.25, -0.2) is 4.79 Å². The van der Waals surface area contributed by atoms with Crippen molar-refractivity contribution in [3.8, 4) is 0 Å². The van der Waals surface area contributed by atoms with Crippen LogP contribution >= 0.6 is 0 Å². The van der Waals surface area contributed by atoms with Crippen LogP contribution < -0.4 is 5.32 Å². The predicted molar refractivity (Wildman–Crippen MR) is 78.1 cm³/mol. The summed E-state index contributed by atoms with van der Waals surface area (Å²) in [5, 5.41) is 3.28. The van der Waals surface area contributed by atoms with Crippen LogP contribution in [-0.2, 0) is 16.0 Å². The minimum absolute atomic E-state index is 0.107. The highest BCUT2D eigenvalue weighted by molar-refractivity contribution is 5.87. The van der Waals surface area contributed by atoms with Crippen LogP contribution in [0.2, 0.25) is 0 Å². The number of fused-ring (bicyclic) bond motifs is 1. The highest BCUT2D eigenvalue weighted by atomic mass is 16.5. The second-order valence-corrected chi connectivity index (χ2v) is 5.34. The molecule has 6 heteroatoms. The lowest BCUT2D eigenvalue weighted by molar-refractivity contribution is -0.133. The van der Waals surface area contributed by atoms with Gasteiger partial charge in [0.2, 0.25) is 5.91 Å². The molecule has 0 bridgehead atoms. The van der Waals surface area contributed by atoms with E-state index in [0.717, 1.165) is 12.1 Å². The van der Waals surface area contributed by atoms with Gasteiger partial charge in [-0.15, -0.1) is 0 Å². The normalized spacial score (nSPS) is 20.7. The van der Waals surface area contributed by atoms with Gasteiger partial charge in [0, 0.05) is 38.3 Å². The summed E-state index contributed by atoms with van der Waals surface area (Å²) >= 11 is 0. The van der Waals surface area contributed by atoms with Crippen LogP contribution in [0.5, 0.6) is 0 Å². The smallest absolute Gasteiger partial charge is 0.409 e. The number of benzene rings is 1. The van der Waals surface area contributed by atoms with E-state index in [2.05, 4.69) is 5.32 Å². The van der Waals surface area contributed by atoms with Crippen LogP contribution in [0.3, 0.4) is 0 Å². The van der Waals surface area contributed by atoms with Crippen molar-refractivity contribution in [1.82, 2.24) is 9.80 Å². The quantitative estimate of drug-likeness (QED) is 0.835. The number of hydrogen-bond acceptors (Lipinski definition) is 4. The lowest BCUT2D eigenvalue weighted by Gasteiger charge is -2.35. The maximum atomic E-state index is 12.5. The van der Waals surface area contributed by atoms with Gasteiger partial charge < -0.3 is 19.9 Å². The molecule has 1 unspecified atom stereocenters. The van der Waals surface area contributed by atoms with Crippen molar-refractivity contribution in [2.75, 3.05) is 38.6 Å². The standard InChI is InChI=1S/C15H19N3O3/c1-21-15(20)18-8-6-17(7-9-18)14(19)13-10-11-4-2-3-5-12(11)16-13/h2-5,13,16H,6-10H2,1H3. The van der Waals surface area contributed by atoms with E-state index < -0.39 is 0 Å². The Bertz CT molecular complexity index is 528. The number of carbonyl (C=O) groups excluding carboxylic acids is 2. The highest BCUT2D eigenvalue weighted by Crippen LogP contribution is 2.26. The molecule has 1 saturated heterocycles. The third-order valence-electron chi connectivity index (χ3n) is 4.09. The average Bonchev–Trinajstić information content (AvgIpc) is 2.97. The molecule has 1 atom stereocenters. The molecule has 0 aliphatic carbocycles. The Morgan fingerprint density at radius 2 is 1.81 bits per heavy atom. The zero-order valence-electron chi connectivity index (χ0n) is 12.0.